The highest BCUT2D eigenvalue weighted by molar-refractivity contribution is 6.31. The zero-order valence-electron chi connectivity index (χ0n) is 18.1. The number of hydrogen-bond donors (Lipinski definition) is 2. The third kappa shape index (κ3) is 4.82. The Kier molecular flexibility index (Phi) is 7.65. The maximum Gasteiger partial charge on any atom is 0.330 e. The number of ether oxygens (including phenoxy) is 2. The van der Waals surface area contributed by atoms with Crippen molar-refractivity contribution in [1.82, 2.24) is 0 Å². The standard InChI is InChI=1S/C25H27NO6/c1-3-5-13-31-19-15-18(27)21-22(23(19)26-12-8-9-14-32-20(28)4-2)25(30)17-11-7-6-10-16(17)24(21)29/h4,6-7,10-11,15,26-27H,2-3,5,8-9,12-14H2,1H3. The summed E-state index contributed by atoms with van der Waals surface area (Å²) in [5, 5.41) is 13.8. The third-order valence-corrected chi connectivity index (χ3v) is 5.18. The fourth-order valence-electron chi connectivity index (χ4n) is 3.54. The lowest BCUT2D eigenvalue weighted by molar-refractivity contribution is -0.137. The van der Waals surface area contributed by atoms with Crippen molar-refractivity contribution in [3.63, 3.8) is 0 Å². The van der Waals surface area contributed by atoms with Gasteiger partial charge in [0, 0.05) is 29.8 Å². The van der Waals surface area contributed by atoms with Gasteiger partial charge in [-0.05, 0) is 19.3 Å². The molecule has 32 heavy (non-hydrogen) atoms. The first-order valence-corrected chi connectivity index (χ1v) is 10.7. The van der Waals surface area contributed by atoms with Crippen LogP contribution < -0.4 is 10.1 Å². The average Bonchev–Trinajstić information content (AvgIpc) is 2.80. The molecule has 0 saturated carbocycles. The lowest BCUT2D eigenvalue weighted by Crippen LogP contribution is -2.23. The Morgan fingerprint density at radius 1 is 1.06 bits per heavy atom. The maximum atomic E-state index is 13.3. The number of anilines is 1. The van der Waals surface area contributed by atoms with Crippen molar-refractivity contribution >= 4 is 23.2 Å². The number of carbonyl (C=O) groups is 3. The minimum atomic E-state index is -0.472. The summed E-state index contributed by atoms with van der Waals surface area (Å²) >= 11 is 0. The van der Waals surface area contributed by atoms with Crippen molar-refractivity contribution in [1.29, 1.82) is 0 Å². The highest BCUT2D eigenvalue weighted by atomic mass is 16.5. The van der Waals surface area contributed by atoms with Gasteiger partial charge in [0.15, 0.2) is 11.6 Å². The molecule has 3 rings (SSSR count). The molecular formula is C25H27NO6. The van der Waals surface area contributed by atoms with Gasteiger partial charge in [0.25, 0.3) is 0 Å². The zero-order chi connectivity index (χ0) is 23.1. The SMILES string of the molecule is C=CC(=O)OCCCCNc1c(OCCCC)cc(O)c2c1C(=O)c1ccccc1C2=O. The largest absolute Gasteiger partial charge is 0.507 e. The number of fused-ring (bicyclic) bond motifs is 2. The van der Waals surface area contributed by atoms with E-state index in [1.165, 1.54) is 6.07 Å². The van der Waals surface area contributed by atoms with Crippen molar-refractivity contribution in [3.8, 4) is 11.5 Å². The predicted molar refractivity (Wildman–Crippen MR) is 121 cm³/mol. The second-order valence-corrected chi connectivity index (χ2v) is 7.43. The molecule has 168 valence electrons. The number of ketones is 2. The van der Waals surface area contributed by atoms with Crippen molar-refractivity contribution in [3.05, 3.63) is 65.2 Å². The van der Waals surface area contributed by atoms with Gasteiger partial charge in [-0.25, -0.2) is 4.79 Å². The first-order chi connectivity index (χ1) is 15.5. The van der Waals surface area contributed by atoms with Gasteiger partial charge in [-0.3, -0.25) is 9.59 Å². The van der Waals surface area contributed by atoms with E-state index in [0.29, 0.717) is 43.0 Å². The normalized spacial score (nSPS) is 12.0. The molecule has 0 saturated heterocycles. The number of hydrogen-bond acceptors (Lipinski definition) is 7. The number of benzene rings is 2. The summed E-state index contributed by atoms with van der Waals surface area (Å²) in [4.78, 5) is 37.5. The van der Waals surface area contributed by atoms with Crippen LogP contribution in [0.2, 0.25) is 0 Å². The first kappa shape index (κ1) is 23.1. The van der Waals surface area contributed by atoms with Crippen molar-refractivity contribution in [2.45, 2.75) is 32.6 Å². The van der Waals surface area contributed by atoms with Crippen molar-refractivity contribution in [2.24, 2.45) is 0 Å². The van der Waals surface area contributed by atoms with Crippen LogP contribution >= 0.6 is 0 Å². The van der Waals surface area contributed by atoms with Crippen LogP contribution in [0.4, 0.5) is 5.69 Å². The van der Waals surface area contributed by atoms with Gasteiger partial charge in [0.1, 0.15) is 11.5 Å². The van der Waals surface area contributed by atoms with Crippen LogP contribution in [0.15, 0.2) is 43.0 Å². The molecule has 1 aliphatic rings. The van der Waals surface area contributed by atoms with Crippen LogP contribution in [-0.2, 0) is 9.53 Å². The van der Waals surface area contributed by atoms with Gasteiger partial charge < -0.3 is 19.9 Å². The molecule has 0 aliphatic heterocycles. The average molecular weight is 437 g/mol. The molecule has 2 aromatic rings. The fraction of sp³-hybridized carbons (Fsp3) is 0.320. The van der Waals surface area contributed by atoms with Crippen LogP contribution in [0.1, 0.15) is 64.4 Å². The number of esters is 1. The van der Waals surface area contributed by atoms with Gasteiger partial charge in [0.05, 0.1) is 30.0 Å². The molecule has 0 spiro atoms. The second-order valence-electron chi connectivity index (χ2n) is 7.43. The van der Waals surface area contributed by atoms with E-state index in [-0.39, 0.29) is 34.8 Å². The summed E-state index contributed by atoms with van der Waals surface area (Å²) in [6.45, 7) is 6.51. The van der Waals surface area contributed by atoms with E-state index < -0.39 is 11.8 Å². The highest BCUT2D eigenvalue weighted by Crippen LogP contribution is 2.42. The molecule has 0 aromatic heterocycles. The molecule has 0 atom stereocenters. The number of nitrogens with one attached hydrogen (secondary N) is 1. The summed E-state index contributed by atoms with van der Waals surface area (Å²) in [5.74, 6) is -1.16. The van der Waals surface area contributed by atoms with Crippen molar-refractivity contribution < 1.29 is 29.0 Å². The Bertz CT molecular complexity index is 1040. The number of unbranched alkanes of at least 4 members (excludes halogenated alkanes) is 2. The molecule has 2 aromatic carbocycles. The zero-order valence-corrected chi connectivity index (χ0v) is 18.1. The highest BCUT2D eigenvalue weighted by Gasteiger charge is 2.35. The van der Waals surface area contributed by atoms with Gasteiger partial charge in [-0.1, -0.05) is 44.2 Å². The Morgan fingerprint density at radius 2 is 1.75 bits per heavy atom. The Hall–Kier alpha value is -3.61. The monoisotopic (exact) mass is 437 g/mol. The second kappa shape index (κ2) is 10.6. The Balaban J connectivity index is 1.89. The molecule has 1 aliphatic carbocycles. The molecule has 2 N–H and O–H groups in total. The molecule has 0 unspecified atom stereocenters. The van der Waals surface area contributed by atoms with E-state index in [0.717, 1.165) is 18.9 Å². The fourth-order valence-corrected chi connectivity index (χ4v) is 3.54. The summed E-state index contributed by atoms with van der Waals surface area (Å²) < 4.78 is 10.8. The number of carbonyl (C=O) groups excluding carboxylic acids is 3. The molecule has 0 radical (unpaired) electrons. The quantitative estimate of drug-likeness (QED) is 0.200. The molecule has 0 heterocycles. The Morgan fingerprint density at radius 3 is 2.41 bits per heavy atom. The van der Waals surface area contributed by atoms with Gasteiger partial charge in [0.2, 0.25) is 0 Å². The van der Waals surface area contributed by atoms with E-state index in [9.17, 15) is 19.5 Å². The van der Waals surface area contributed by atoms with Gasteiger partial charge in [-0.2, -0.15) is 0 Å². The molecular weight excluding hydrogens is 410 g/mol. The molecule has 7 nitrogen and oxygen atoms in total. The van der Waals surface area contributed by atoms with E-state index >= 15 is 0 Å². The van der Waals surface area contributed by atoms with E-state index in [4.69, 9.17) is 9.47 Å². The van der Waals surface area contributed by atoms with E-state index in [1.807, 2.05) is 6.92 Å². The summed E-state index contributed by atoms with van der Waals surface area (Å²) in [5.41, 5.74) is 1.08. The minimum Gasteiger partial charge on any atom is -0.507 e. The smallest absolute Gasteiger partial charge is 0.330 e. The topological polar surface area (TPSA) is 102 Å². The van der Waals surface area contributed by atoms with Crippen molar-refractivity contribution in [2.75, 3.05) is 25.1 Å². The van der Waals surface area contributed by atoms with E-state index in [1.54, 1.807) is 24.3 Å². The lowest BCUT2D eigenvalue weighted by Gasteiger charge is -2.24. The van der Waals surface area contributed by atoms with Crippen LogP contribution in [0.5, 0.6) is 11.5 Å². The van der Waals surface area contributed by atoms with Gasteiger partial charge >= 0.3 is 5.97 Å². The molecule has 0 amide bonds. The number of aromatic hydroxyl groups is 1. The van der Waals surface area contributed by atoms with Gasteiger partial charge in [-0.15, -0.1) is 0 Å². The molecule has 7 heteroatoms. The predicted octanol–water partition coefficient (Wildman–Crippen LogP) is 4.27. The third-order valence-electron chi connectivity index (χ3n) is 5.18. The molecule has 0 fully saturated rings. The van der Waals surface area contributed by atoms with Crippen LogP contribution in [0, 0.1) is 0 Å². The van der Waals surface area contributed by atoms with Crippen LogP contribution in [-0.4, -0.2) is 42.4 Å². The Labute approximate surface area is 187 Å². The number of phenolic OH excluding ortho intramolecular Hbond substituents is 1. The lowest BCUT2D eigenvalue weighted by atomic mass is 9.82. The summed E-state index contributed by atoms with van der Waals surface area (Å²) in [6, 6.07) is 7.97. The number of phenols is 1. The summed E-state index contributed by atoms with van der Waals surface area (Å²) in [7, 11) is 0. The molecule has 0 bridgehead atoms. The summed E-state index contributed by atoms with van der Waals surface area (Å²) in [6.07, 6.45) is 4.10. The number of rotatable bonds is 11. The first-order valence-electron chi connectivity index (χ1n) is 10.7. The van der Waals surface area contributed by atoms with Crippen LogP contribution in [0.3, 0.4) is 0 Å². The minimum absolute atomic E-state index is 0.0149. The maximum absolute atomic E-state index is 13.3. The van der Waals surface area contributed by atoms with E-state index in [2.05, 4.69) is 11.9 Å². The van der Waals surface area contributed by atoms with Crippen LogP contribution in [0.25, 0.3) is 0 Å².